The van der Waals surface area contributed by atoms with E-state index in [0.29, 0.717) is 24.9 Å². The normalized spacial score (nSPS) is 15.2. The van der Waals surface area contributed by atoms with Gasteiger partial charge in [0.15, 0.2) is 5.67 Å². The monoisotopic (exact) mass is 295 g/mol. The Morgan fingerprint density at radius 3 is 2.80 bits per heavy atom. The minimum atomic E-state index is -1.42. The molecule has 0 aliphatic carbocycles. The lowest BCUT2D eigenvalue weighted by atomic mass is 9.94. The summed E-state index contributed by atoms with van der Waals surface area (Å²) >= 11 is 4.83. The molecule has 15 heavy (non-hydrogen) atoms. The standard InChI is InChI=1S/C10H15BrFNOS/c1-14-7-10(12,3-2-4-13)8-5-15-6-9(8)11/h5-6H,2-4,7,13H2,1H3. The third kappa shape index (κ3) is 3.24. The van der Waals surface area contributed by atoms with E-state index in [1.54, 1.807) is 0 Å². The van der Waals surface area contributed by atoms with Gasteiger partial charge in [0, 0.05) is 22.5 Å². The molecule has 1 heterocycles. The Balaban J connectivity index is 2.85. The van der Waals surface area contributed by atoms with Crippen LogP contribution in [0.15, 0.2) is 15.2 Å². The van der Waals surface area contributed by atoms with Gasteiger partial charge in [-0.15, -0.1) is 0 Å². The first-order valence-corrected chi connectivity index (χ1v) is 6.47. The highest BCUT2D eigenvalue weighted by Gasteiger charge is 2.33. The summed E-state index contributed by atoms with van der Waals surface area (Å²) in [5, 5.41) is 3.70. The van der Waals surface area contributed by atoms with E-state index in [1.165, 1.54) is 18.4 Å². The molecule has 0 saturated heterocycles. The van der Waals surface area contributed by atoms with Gasteiger partial charge in [-0.1, -0.05) is 0 Å². The molecule has 0 radical (unpaired) electrons. The number of rotatable bonds is 6. The van der Waals surface area contributed by atoms with Gasteiger partial charge in [0.1, 0.15) is 0 Å². The van der Waals surface area contributed by atoms with Gasteiger partial charge in [0.05, 0.1) is 6.61 Å². The second-order valence-corrected chi connectivity index (χ2v) is 5.02. The molecule has 0 fully saturated rings. The van der Waals surface area contributed by atoms with Gasteiger partial charge >= 0.3 is 0 Å². The SMILES string of the molecule is COCC(F)(CCCN)c1cscc1Br. The van der Waals surface area contributed by atoms with Gasteiger partial charge in [-0.05, 0) is 40.7 Å². The summed E-state index contributed by atoms with van der Waals surface area (Å²) in [6, 6.07) is 0. The Kier molecular flexibility index (Phi) is 5.18. The molecule has 1 aromatic heterocycles. The molecule has 0 aliphatic rings. The molecule has 0 aliphatic heterocycles. The predicted molar refractivity (Wildman–Crippen MR) is 65.0 cm³/mol. The summed E-state index contributed by atoms with van der Waals surface area (Å²) in [7, 11) is 1.51. The quantitative estimate of drug-likeness (QED) is 0.875. The fraction of sp³-hybridized carbons (Fsp3) is 0.600. The Labute approximate surface area is 102 Å². The molecule has 1 rings (SSSR count). The number of alkyl halides is 1. The van der Waals surface area contributed by atoms with E-state index in [0.717, 1.165) is 4.47 Å². The minimum Gasteiger partial charge on any atom is -0.381 e. The number of hydrogen-bond donors (Lipinski definition) is 1. The van der Waals surface area contributed by atoms with Crippen LogP contribution in [-0.4, -0.2) is 20.3 Å². The molecule has 0 amide bonds. The Morgan fingerprint density at radius 2 is 2.33 bits per heavy atom. The second kappa shape index (κ2) is 5.94. The largest absolute Gasteiger partial charge is 0.381 e. The van der Waals surface area contributed by atoms with Crippen molar-refractivity contribution in [3.05, 3.63) is 20.8 Å². The first-order valence-electron chi connectivity index (χ1n) is 4.74. The van der Waals surface area contributed by atoms with E-state index in [4.69, 9.17) is 10.5 Å². The van der Waals surface area contributed by atoms with Crippen LogP contribution in [0.5, 0.6) is 0 Å². The number of halogens is 2. The summed E-state index contributed by atoms with van der Waals surface area (Å²) < 4.78 is 20.4. The molecule has 2 N–H and O–H groups in total. The van der Waals surface area contributed by atoms with Crippen LogP contribution in [0.4, 0.5) is 4.39 Å². The summed E-state index contributed by atoms with van der Waals surface area (Å²) in [4.78, 5) is 0. The summed E-state index contributed by atoms with van der Waals surface area (Å²) in [6.45, 7) is 0.569. The van der Waals surface area contributed by atoms with Crippen molar-refractivity contribution in [1.82, 2.24) is 0 Å². The topological polar surface area (TPSA) is 35.2 Å². The molecule has 0 bridgehead atoms. The van der Waals surface area contributed by atoms with Crippen molar-refractivity contribution in [3.8, 4) is 0 Å². The highest BCUT2D eigenvalue weighted by Crippen LogP contribution is 2.38. The smallest absolute Gasteiger partial charge is 0.161 e. The maximum absolute atomic E-state index is 14.6. The maximum Gasteiger partial charge on any atom is 0.161 e. The fourth-order valence-electron chi connectivity index (χ4n) is 1.50. The summed E-state index contributed by atoms with van der Waals surface area (Å²) in [5.41, 5.74) is 4.65. The van der Waals surface area contributed by atoms with Crippen LogP contribution < -0.4 is 5.73 Å². The summed E-state index contributed by atoms with van der Waals surface area (Å²) in [6.07, 6.45) is 1.05. The van der Waals surface area contributed by atoms with Crippen LogP contribution in [0.3, 0.4) is 0 Å². The lowest BCUT2D eigenvalue weighted by Crippen LogP contribution is -2.27. The number of methoxy groups -OCH3 is 1. The third-order valence-electron chi connectivity index (χ3n) is 2.25. The molecule has 0 spiro atoms. The Bertz CT molecular complexity index is 307. The molecule has 86 valence electrons. The van der Waals surface area contributed by atoms with Crippen LogP contribution in [0, 0.1) is 0 Å². The van der Waals surface area contributed by atoms with E-state index in [2.05, 4.69) is 15.9 Å². The molecule has 1 aromatic rings. The van der Waals surface area contributed by atoms with E-state index in [-0.39, 0.29) is 6.61 Å². The van der Waals surface area contributed by atoms with Crippen LogP contribution in [0.2, 0.25) is 0 Å². The van der Waals surface area contributed by atoms with Crippen LogP contribution >= 0.6 is 27.3 Å². The van der Waals surface area contributed by atoms with Crippen molar-refractivity contribution >= 4 is 27.3 Å². The van der Waals surface area contributed by atoms with Gasteiger partial charge in [-0.2, -0.15) is 11.3 Å². The number of hydrogen-bond acceptors (Lipinski definition) is 3. The van der Waals surface area contributed by atoms with Gasteiger partial charge in [0.25, 0.3) is 0 Å². The minimum absolute atomic E-state index is 0.0718. The van der Waals surface area contributed by atoms with E-state index >= 15 is 0 Å². The molecule has 2 nitrogen and oxygen atoms in total. The molecule has 0 aromatic carbocycles. The van der Waals surface area contributed by atoms with Crippen molar-refractivity contribution in [2.24, 2.45) is 5.73 Å². The number of nitrogens with two attached hydrogens (primary N) is 1. The maximum atomic E-state index is 14.6. The fourth-order valence-corrected chi connectivity index (χ4v) is 3.23. The Hall–Kier alpha value is 0.0300. The number of ether oxygens (including phenoxy) is 1. The van der Waals surface area contributed by atoms with Crippen LogP contribution in [-0.2, 0) is 10.4 Å². The van der Waals surface area contributed by atoms with Crippen molar-refractivity contribution in [1.29, 1.82) is 0 Å². The average molecular weight is 296 g/mol. The van der Waals surface area contributed by atoms with E-state index < -0.39 is 5.67 Å². The highest BCUT2D eigenvalue weighted by molar-refractivity contribution is 9.10. The zero-order valence-electron chi connectivity index (χ0n) is 8.63. The van der Waals surface area contributed by atoms with Crippen molar-refractivity contribution < 1.29 is 9.13 Å². The van der Waals surface area contributed by atoms with Crippen molar-refractivity contribution in [2.75, 3.05) is 20.3 Å². The zero-order valence-corrected chi connectivity index (χ0v) is 11.0. The zero-order chi connectivity index (χ0) is 11.3. The van der Waals surface area contributed by atoms with E-state index in [1.807, 2.05) is 10.8 Å². The van der Waals surface area contributed by atoms with Crippen LogP contribution in [0.1, 0.15) is 18.4 Å². The molecular weight excluding hydrogens is 281 g/mol. The lowest BCUT2D eigenvalue weighted by Gasteiger charge is -2.24. The van der Waals surface area contributed by atoms with Crippen molar-refractivity contribution in [2.45, 2.75) is 18.5 Å². The molecular formula is C10H15BrFNOS. The van der Waals surface area contributed by atoms with Crippen LogP contribution in [0.25, 0.3) is 0 Å². The van der Waals surface area contributed by atoms with Gasteiger partial charge in [-0.3, -0.25) is 0 Å². The van der Waals surface area contributed by atoms with Gasteiger partial charge < -0.3 is 10.5 Å². The average Bonchev–Trinajstić information content (AvgIpc) is 2.62. The third-order valence-corrected chi connectivity index (χ3v) is 3.95. The first-order chi connectivity index (χ1) is 7.14. The lowest BCUT2D eigenvalue weighted by molar-refractivity contribution is 0.0302. The number of thiophene rings is 1. The second-order valence-electron chi connectivity index (χ2n) is 3.42. The molecule has 1 unspecified atom stereocenters. The van der Waals surface area contributed by atoms with Gasteiger partial charge in [-0.25, -0.2) is 4.39 Å². The van der Waals surface area contributed by atoms with Gasteiger partial charge in [0.2, 0.25) is 0 Å². The molecule has 5 heteroatoms. The highest BCUT2D eigenvalue weighted by atomic mass is 79.9. The molecule has 0 saturated carbocycles. The summed E-state index contributed by atoms with van der Waals surface area (Å²) in [5.74, 6) is 0. The predicted octanol–water partition coefficient (Wildman–Crippen LogP) is 3.06. The molecule has 1 atom stereocenters. The van der Waals surface area contributed by atoms with E-state index in [9.17, 15) is 4.39 Å². The first kappa shape index (κ1) is 13.1. The van der Waals surface area contributed by atoms with Crippen molar-refractivity contribution in [3.63, 3.8) is 0 Å². The Morgan fingerprint density at radius 1 is 1.60 bits per heavy atom.